The van der Waals surface area contributed by atoms with E-state index in [1.807, 2.05) is 11.4 Å². The maximum Gasteiger partial charge on any atom is 0.253 e. The van der Waals surface area contributed by atoms with Crippen LogP contribution in [-0.4, -0.2) is 18.9 Å². The van der Waals surface area contributed by atoms with Crippen molar-refractivity contribution >= 4 is 34.8 Å². The monoisotopic (exact) mass is 229 g/mol. The number of nitrogens with zero attached hydrogens (tertiary/aromatic N) is 1. The molecule has 2 N–H and O–H groups in total. The first-order valence-corrected chi connectivity index (χ1v) is 5.25. The third-order valence-electron chi connectivity index (χ3n) is 1.97. The van der Waals surface area contributed by atoms with Crippen molar-refractivity contribution in [2.75, 3.05) is 7.05 Å². The Hall–Kier alpha value is -1.07. The second-order valence-electron chi connectivity index (χ2n) is 2.79. The lowest BCUT2D eigenvalue weighted by atomic mass is 10.1. The Labute approximate surface area is 90.0 Å². The van der Waals surface area contributed by atoms with Crippen LogP contribution in [0.2, 0.25) is 4.34 Å². The van der Waals surface area contributed by atoms with Crippen molar-refractivity contribution in [1.29, 1.82) is 0 Å². The summed E-state index contributed by atoms with van der Waals surface area (Å²) in [5, 5.41) is 7.42. The van der Waals surface area contributed by atoms with Gasteiger partial charge < -0.3 is 5.32 Å². The van der Waals surface area contributed by atoms with Crippen LogP contribution in [0.1, 0.15) is 11.6 Å². The number of amides is 1. The molecule has 1 atom stereocenters. The number of carbonyl (C=O) groups excluding carboxylic acids is 1. The lowest BCUT2D eigenvalue weighted by Gasteiger charge is -2.05. The molecule has 4 nitrogen and oxygen atoms in total. The van der Waals surface area contributed by atoms with Crippen molar-refractivity contribution in [3.63, 3.8) is 0 Å². The van der Waals surface area contributed by atoms with Crippen LogP contribution in [0, 0.1) is 0 Å². The molecule has 1 unspecified atom stereocenters. The number of guanidine groups is 1. The van der Waals surface area contributed by atoms with Gasteiger partial charge in [0.05, 0.1) is 4.34 Å². The molecule has 2 heterocycles. The molecule has 1 aliphatic heterocycles. The van der Waals surface area contributed by atoms with E-state index in [9.17, 15) is 4.79 Å². The number of aliphatic imine (C=N–C) groups is 1. The van der Waals surface area contributed by atoms with E-state index in [4.69, 9.17) is 11.6 Å². The van der Waals surface area contributed by atoms with Gasteiger partial charge >= 0.3 is 0 Å². The molecule has 0 bridgehead atoms. The van der Waals surface area contributed by atoms with Gasteiger partial charge in [-0.3, -0.25) is 15.1 Å². The van der Waals surface area contributed by atoms with Crippen molar-refractivity contribution < 1.29 is 4.79 Å². The van der Waals surface area contributed by atoms with E-state index in [0.717, 1.165) is 5.56 Å². The summed E-state index contributed by atoms with van der Waals surface area (Å²) >= 11 is 7.34. The molecule has 0 spiro atoms. The van der Waals surface area contributed by atoms with Crippen LogP contribution < -0.4 is 10.6 Å². The molecule has 1 aliphatic rings. The minimum absolute atomic E-state index is 0.120. The van der Waals surface area contributed by atoms with E-state index in [1.165, 1.54) is 11.3 Å². The number of rotatable bonds is 1. The van der Waals surface area contributed by atoms with Crippen LogP contribution in [0.4, 0.5) is 0 Å². The number of nitrogens with one attached hydrogen (secondary N) is 2. The predicted octanol–water partition coefficient (Wildman–Crippen LogP) is 1.15. The number of hydrogen-bond acceptors (Lipinski definition) is 3. The average molecular weight is 230 g/mol. The summed E-state index contributed by atoms with van der Waals surface area (Å²) in [6.07, 6.45) is 0. The number of carbonyl (C=O) groups is 1. The van der Waals surface area contributed by atoms with E-state index in [0.29, 0.717) is 10.3 Å². The smallest absolute Gasteiger partial charge is 0.253 e. The Bertz CT molecular complexity index is 401. The molecule has 1 aromatic heterocycles. The highest BCUT2D eigenvalue weighted by Gasteiger charge is 2.31. The van der Waals surface area contributed by atoms with Gasteiger partial charge in [-0.1, -0.05) is 11.6 Å². The Morgan fingerprint density at radius 2 is 2.43 bits per heavy atom. The van der Waals surface area contributed by atoms with Crippen LogP contribution in [0.5, 0.6) is 0 Å². The summed E-state index contributed by atoms with van der Waals surface area (Å²) in [5.41, 5.74) is 0.799. The fourth-order valence-electron chi connectivity index (χ4n) is 1.28. The minimum atomic E-state index is -0.410. The van der Waals surface area contributed by atoms with E-state index < -0.39 is 6.04 Å². The molecule has 1 fully saturated rings. The van der Waals surface area contributed by atoms with Crippen LogP contribution >= 0.6 is 22.9 Å². The molecule has 14 heavy (non-hydrogen) atoms. The van der Waals surface area contributed by atoms with Gasteiger partial charge in [-0.25, -0.2) is 0 Å². The van der Waals surface area contributed by atoms with Crippen LogP contribution in [0.15, 0.2) is 16.4 Å². The number of halogens is 1. The lowest BCUT2D eigenvalue weighted by Crippen LogP contribution is -2.24. The number of thiophene rings is 1. The second kappa shape index (κ2) is 3.59. The fourth-order valence-corrected chi connectivity index (χ4v) is 2.26. The molecule has 1 saturated heterocycles. The molecule has 0 saturated carbocycles. The molecule has 6 heteroatoms. The Morgan fingerprint density at radius 1 is 1.64 bits per heavy atom. The first kappa shape index (κ1) is 9.48. The summed E-state index contributed by atoms with van der Waals surface area (Å²) in [5.74, 6) is 0.369. The summed E-state index contributed by atoms with van der Waals surface area (Å²) in [4.78, 5) is 15.3. The highest BCUT2D eigenvalue weighted by molar-refractivity contribution is 7.14. The largest absolute Gasteiger partial charge is 0.340 e. The van der Waals surface area contributed by atoms with Crippen LogP contribution in [-0.2, 0) is 4.79 Å². The van der Waals surface area contributed by atoms with Gasteiger partial charge in [-0.15, -0.1) is 11.3 Å². The molecular weight excluding hydrogens is 222 g/mol. The van der Waals surface area contributed by atoms with Gasteiger partial charge in [0.25, 0.3) is 5.91 Å². The zero-order valence-electron chi connectivity index (χ0n) is 7.37. The van der Waals surface area contributed by atoms with Crippen molar-refractivity contribution in [2.45, 2.75) is 6.04 Å². The predicted molar refractivity (Wildman–Crippen MR) is 56.7 cm³/mol. The van der Waals surface area contributed by atoms with Crippen LogP contribution in [0.25, 0.3) is 0 Å². The summed E-state index contributed by atoms with van der Waals surface area (Å²) < 4.78 is 0.634. The van der Waals surface area contributed by atoms with Gasteiger partial charge in [0, 0.05) is 12.6 Å². The lowest BCUT2D eigenvalue weighted by molar-refractivity contribution is -0.120. The Balaban J connectivity index is 2.29. The zero-order valence-corrected chi connectivity index (χ0v) is 8.95. The molecule has 0 aromatic carbocycles. The maximum atomic E-state index is 11.5. The van der Waals surface area contributed by atoms with Gasteiger partial charge in [0.1, 0.15) is 6.04 Å². The highest BCUT2D eigenvalue weighted by atomic mass is 35.5. The summed E-state index contributed by atoms with van der Waals surface area (Å²) in [7, 11) is 1.61. The zero-order chi connectivity index (χ0) is 10.1. The van der Waals surface area contributed by atoms with Crippen molar-refractivity contribution in [1.82, 2.24) is 10.6 Å². The topological polar surface area (TPSA) is 53.5 Å². The van der Waals surface area contributed by atoms with Crippen LogP contribution in [0.3, 0.4) is 0 Å². The van der Waals surface area contributed by atoms with Crippen molar-refractivity contribution in [3.05, 3.63) is 21.3 Å². The quantitative estimate of drug-likeness (QED) is 0.759. The first-order chi connectivity index (χ1) is 6.72. The SMILES string of the molecule is CN=C1NC(=O)C(c2ccsc2Cl)N1. The van der Waals surface area contributed by atoms with E-state index in [2.05, 4.69) is 15.6 Å². The molecular formula is C8H8ClN3OS. The highest BCUT2D eigenvalue weighted by Crippen LogP contribution is 2.29. The Kier molecular flexibility index (Phi) is 2.43. The molecule has 1 amide bonds. The van der Waals surface area contributed by atoms with Gasteiger partial charge in [0.2, 0.25) is 0 Å². The number of hydrogen-bond donors (Lipinski definition) is 2. The van der Waals surface area contributed by atoms with E-state index in [1.54, 1.807) is 7.05 Å². The van der Waals surface area contributed by atoms with E-state index in [-0.39, 0.29) is 5.91 Å². The standard InChI is InChI=1S/C8H8ClN3OS/c1-10-8-11-5(7(13)12-8)4-2-3-14-6(4)9/h2-3,5H,1H3,(H2,10,11,12,13). The fraction of sp³-hybridized carbons (Fsp3) is 0.250. The summed E-state index contributed by atoms with van der Waals surface area (Å²) in [6, 6.07) is 1.43. The van der Waals surface area contributed by atoms with Crippen molar-refractivity contribution in [3.8, 4) is 0 Å². The van der Waals surface area contributed by atoms with Gasteiger partial charge in [-0.05, 0) is 11.4 Å². The molecule has 2 rings (SSSR count). The molecule has 74 valence electrons. The Morgan fingerprint density at radius 3 is 2.93 bits per heavy atom. The molecule has 0 radical (unpaired) electrons. The van der Waals surface area contributed by atoms with E-state index >= 15 is 0 Å². The van der Waals surface area contributed by atoms with Gasteiger partial charge in [-0.2, -0.15) is 0 Å². The second-order valence-corrected chi connectivity index (χ2v) is 4.31. The van der Waals surface area contributed by atoms with Gasteiger partial charge in [0.15, 0.2) is 5.96 Å². The third-order valence-corrected chi connectivity index (χ3v) is 3.17. The summed E-state index contributed by atoms with van der Waals surface area (Å²) in [6.45, 7) is 0. The molecule has 1 aromatic rings. The normalized spacial score (nSPS) is 23.7. The molecule has 0 aliphatic carbocycles. The average Bonchev–Trinajstić information content (AvgIpc) is 2.72. The minimum Gasteiger partial charge on any atom is -0.340 e. The third kappa shape index (κ3) is 1.49. The first-order valence-electron chi connectivity index (χ1n) is 3.99. The maximum absolute atomic E-state index is 11.5. The van der Waals surface area contributed by atoms with Crippen molar-refractivity contribution in [2.24, 2.45) is 4.99 Å².